The smallest absolute Gasteiger partial charge is 0.130 e. The maximum absolute atomic E-state index is 6.11. The van der Waals surface area contributed by atoms with Gasteiger partial charge in [0.25, 0.3) is 0 Å². The lowest BCUT2D eigenvalue weighted by Crippen LogP contribution is -2.00. The highest BCUT2D eigenvalue weighted by Gasteiger charge is 2.19. The Hall–Kier alpha value is -2.17. The zero-order valence-electron chi connectivity index (χ0n) is 11.9. The molecule has 1 heterocycles. The number of aryl methyl sites for hydroxylation is 3. The fourth-order valence-corrected chi connectivity index (χ4v) is 2.31. The molecule has 5 heteroatoms. The molecule has 1 aromatic heterocycles. The van der Waals surface area contributed by atoms with Crippen molar-refractivity contribution in [2.45, 2.75) is 13.8 Å². The summed E-state index contributed by atoms with van der Waals surface area (Å²) in [6, 6.07) is 3.82. The Morgan fingerprint density at radius 1 is 1.11 bits per heavy atom. The summed E-state index contributed by atoms with van der Waals surface area (Å²) in [6.45, 7) is 3.95. The summed E-state index contributed by atoms with van der Waals surface area (Å²) in [5, 5.41) is 4.35. The number of anilines is 1. The fraction of sp³-hybridized carbons (Fsp3) is 0.357. The first-order chi connectivity index (χ1) is 8.99. The monoisotopic (exact) mass is 261 g/mol. The summed E-state index contributed by atoms with van der Waals surface area (Å²) in [6.07, 6.45) is 0. The molecule has 19 heavy (non-hydrogen) atoms. The van der Waals surface area contributed by atoms with E-state index < -0.39 is 0 Å². The van der Waals surface area contributed by atoms with Crippen LogP contribution in [-0.2, 0) is 7.05 Å². The maximum atomic E-state index is 6.11. The SMILES string of the molecule is COc1cc(C)c(-c2c(C)nn(C)c2N)c(OC)c1. The van der Waals surface area contributed by atoms with Crippen LogP contribution < -0.4 is 15.2 Å². The van der Waals surface area contributed by atoms with Crippen LogP contribution in [0.15, 0.2) is 12.1 Å². The van der Waals surface area contributed by atoms with E-state index in [0.717, 1.165) is 33.9 Å². The Kier molecular flexibility index (Phi) is 3.38. The van der Waals surface area contributed by atoms with Gasteiger partial charge in [-0.3, -0.25) is 4.68 Å². The van der Waals surface area contributed by atoms with Crippen molar-refractivity contribution in [2.24, 2.45) is 7.05 Å². The second kappa shape index (κ2) is 4.84. The Morgan fingerprint density at radius 3 is 2.26 bits per heavy atom. The van der Waals surface area contributed by atoms with Crippen LogP contribution in [0.25, 0.3) is 11.1 Å². The average Bonchev–Trinajstić information content (AvgIpc) is 2.63. The number of aromatic nitrogens is 2. The molecule has 0 aliphatic heterocycles. The van der Waals surface area contributed by atoms with Gasteiger partial charge in [-0.05, 0) is 25.5 Å². The van der Waals surface area contributed by atoms with Crippen LogP contribution in [0.3, 0.4) is 0 Å². The molecule has 0 unspecified atom stereocenters. The van der Waals surface area contributed by atoms with Gasteiger partial charge in [-0.15, -0.1) is 0 Å². The van der Waals surface area contributed by atoms with E-state index in [0.29, 0.717) is 5.82 Å². The van der Waals surface area contributed by atoms with Crippen molar-refractivity contribution in [2.75, 3.05) is 20.0 Å². The van der Waals surface area contributed by atoms with Crippen LogP contribution >= 0.6 is 0 Å². The molecule has 0 saturated carbocycles. The molecule has 0 saturated heterocycles. The largest absolute Gasteiger partial charge is 0.497 e. The molecule has 0 aliphatic carbocycles. The van der Waals surface area contributed by atoms with Crippen molar-refractivity contribution in [1.82, 2.24) is 9.78 Å². The zero-order valence-corrected chi connectivity index (χ0v) is 11.9. The molecule has 0 spiro atoms. The molecule has 0 atom stereocenters. The van der Waals surface area contributed by atoms with Crippen LogP contribution in [0.5, 0.6) is 11.5 Å². The minimum absolute atomic E-state index is 0.629. The number of hydrogen-bond donors (Lipinski definition) is 1. The van der Waals surface area contributed by atoms with Gasteiger partial charge in [-0.25, -0.2) is 0 Å². The fourth-order valence-electron chi connectivity index (χ4n) is 2.31. The van der Waals surface area contributed by atoms with Gasteiger partial charge in [0.15, 0.2) is 0 Å². The summed E-state index contributed by atoms with van der Waals surface area (Å²) in [5.74, 6) is 2.13. The highest BCUT2D eigenvalue weighted by Crippen LogP contribution is 2.40. The van der Waals surface area contributed by atoms with E-state index in [4.69, 9.17) is 15.2 Å². The molecule has 0 radical (unpaired) electrons. The van der Waals surface area contributed by atoms with Crippen molar-refractivity contribution < 1.29 is 9.47 Å². The van der Waals surface area contributed by atoms with Gasteiger partial charge in [0, 0.05) is 18.7 Å². The Balaban J connectivity index is 2.74. The van der Waals surface area contributed by atoms with Gasteiger partial charge in [0.1, 0.15) is 17.3 Å². The Bertz CT molecular complexity index is 618. The normalized spacial score (nSPS) is 10.6. The second-order valence-corrected chi connectivity index (χ2v) is 4.49. The van der Waals surface area contributed by atoms with E-state index in [9.17, 15) is 0 Å². The van der Waals surface area contributed by atoms with Gasteiger partial charge < -0.3 is 15.2 Å². The quantitative estimate of drug-likeness (QED) is 0.921. The van der Waals surface area contributed by atoms with Crippen molar-refractivity contribution in [3.05, 3.63) is 23.4 Å². The lowest BCUT2D eigenvalue weighted by atomic mass is 9.99. The van der Waals surface area contributed by atoms with Crippen LogP contribution in [0.4, 0.5) is 5.82 Å². The van der Waals surface area contributed by atoms with Gasteiger partial charge in [0.05, 0.1) is 25.5 Å². The van der Waals surface area contributed by atoms with Crippen LogP contribution in [0.2, 0.25) is 0 Å². The first-order valence-corrected chi connectivity index (χ1v) is 6.01. The first kappa shape index (κ1) is 13.3. The number of ether oxygens (including phenoxy) is 2. The Labute approximate surface area is 112 Å². The molecule has 0 aliphatic rings. The number of rotatable bonds is 3. The van der Waals surface area contributed by atoms with E-state index in [2.05, 4.69) is 5.10 Å². The lowest BCUT2D eigenvalue weighted by molar-refractivity contribution is 0.395. The third-order valence-corrected chi connectivity index (χ3v) is 3.25. The molecule has 5 nitrogen and oxygen atoms in total. The highest BCUT2D eigenvalue weighted by atomic mass is 16.5. The minimum atomic E-state index is 0.629. The third kappa shape index (κ3) is 2.12. The van der Waals surface area contributed by atoms with E-state index in [1.165, 1.54) is 0 Å². The summed E-state index contributed by atoms with van der Waals surface area (Å²) in [5.41, 5.74) is 9.91. The van der Waals surface area contributed by atoms with E-state index in [1.807, 2.05) is 33.0 Å². The second-order valence-electron chi connectivity index (χ2n) is 4.49. The number of nitrogens with two attached hydrogens (primary N) is 1. The summed E-state index contributed by atoms with van der Waals surface area (Å²) >= 11 is 0. The average molecular weight is 261 g/mol. The molecule has 2 rings (SSSR count). The predicted molar refractivity (Wildman–Crippen MR) is 75.6 cm³/mol. The zero-order chi connectivity index (χ0) is 14.2. The van der Waals surface area contributed by atoms with Crippen molar-refractivity contribution >= 4 is 5.82 Å². The molecular weight excluding hydrogens is 242 g/mol. The minimum Gasteiger partial charge on any atom is -0.497 e. The van der Waals surface area contributed by atoms with E-state index in [-0.39, 0.29) is 0 Å². The summed E-state index contributed by atoms with van der Waals surface area (Å²) in [7, 11) is 5.11. The van der Waals surface area contributed by atoms with Crippen molar-refractivity contribution in [3.63, 3.8) is 0 Å². The van der Waals surface area contributed by atoms with Crippen LogP contribution in [0, 0.1) is 13.8 Å². The van der Waals surface area contributed by atoms with Gasteiger partial charge in [-0.2, -0.15) is 5.10 Å². The summed E-state index contributed by atoms with van der Waals surface area (Å²) in [4.78, 5) is 0. The maximum Gasteiger partial charge on any atom is 0.130 e. The number of nitrogens with zero attached hydrogens (tertiary/aromatic N) is 2. The number of nitrogen functional groups attached to an aromatic ring is 1. The lowest BCUT2D eigenvalue weighted by Gasteiger charge is -2.14. The van der Waals surface area contributed by atoms with Gasteiger partial charge >= 0.3 is 0 Å². The molecule has 2 N–H and O–H groups in total. The van der Waals surface area contributed by atoms with E-state index in [1.54, 1.807) is 18.9 Å². The number of hydrogen-bond acceptors (Lipinski definition) is 4. The van der Waals surface area contributed by atoms with Crippen LogP contribution in [-0.4, -0.2) is 24.0 Å². The van der Waals surface area contributed by atoms with Gasteiger partial charge in [0.2, 0.25) is 0 Å². The molecular formula is C14H19N3O2. The van der Waals surface area contributed by atoms with Gasteiger partial charge in [-0.1, -0.05) is 0 Å². The number of methoxy groups -OCH3 is 2. The van der Waals surface area contributed by atoms with Crippen molar-refractivity contribution in [1.29, 1.82) is 0 Å². The highest BCUT2D eigenvalue weighted by molar-refractivity contribution is 5.83. The molecule has 0 bridgehead atoms. The third-order valence-electron chi connectivity index (χ3n) is 3.25. The predicted octanol–water partition coefficient (Wildman–Crippen LogP) is 2.30. The van der Waals surface area contributed by atoms with E-state index >= 15 is 0 Å². The van der Waals surface area contributed by atoms with Crippen molar-refractivity contribution in [3.8, 4) is 22.6 Å². The van der Waals surface area contributed by atoms with Crippen LogP contribution in [0.1, 0.15) is 11.3 Å². The standard InChI is InChI=1S/C14H19N3O2/c1-8-6-10(18-4)7-11(19-5)12(8)13-9(2)16-17(3)14(13)15/h6-7H,15H2,1-5H3. The molecule has 2 aromatic rings. The molecule has 1 aromatic carbocycles. The topological polar surface area (TPSA) is 62.3 Å². The molecule has 102 valence electrons. The molecule has 0 fully saturated rings. The first-order valence-electron chi connectivity index (χ1n) is 6.01. The molecule has 0 amide bonds. The summed E-state index contributed by atoms with van der Waals surface area (Å²) < 4.78 is 12.4. The Morgan fingerprint density at radius 2 is 1.79 bits per heavy atom. The number of benzene rings is 1.